The highest BCUT2D eigenvalue weighted by Crippen LogP contribution is 2.31. The molecule has 7 heteroatoms. The Balaban J connectivity index is 2.35. The summed E-state index contributed by atoms with van der Waals surface area (Å²) < 4.78 is 1.79. The standard InChI is InChI=1S/C9H8N4O2S/c1-12-6-5-11-9(12)16-7-3-2-4-10-8(7)13(14)15/h2-6H,1H3. The largest absolute Gasteiger partial charge is 0.377 e. The monoisotopic (exact) mass is 236 g/mol. The fourth-order valence-corrected chi connectivity index (χ4v) is 2.03. The lowest BCUT2D eigenvalue weighted by atomic mass is 10.5. The molecular weight excluding hydrogens is 228 g/mol. The van der Waals surface area contributed by atoms with Crippen LogP contribution in [0.3, 0.4) is 0 Å². The Labute approximate surface area is 95.5 Å². The first-order valence-corrected chi connectivity index (χ1v) is 5.24. The van der Waals surface area contributed by atoms with Crippen LogP contribution in [0.25, 0.3) is 0 Å². The van der Waals surface area contributed by atoms with Gasteiger partial charge >= 0.3 is 5.82 Å². The fourth-order valence-electron chi connectivity index (χ4n) is 1.15. The summed E-state index contributed by atoms with van der Waals surface area (Å²) in [7, 11) is 1.83. The summed E-state index contributed by atoms with van der Waals surface area (Å²) in [5.41, 5.74) is 0. The molecule has 16 heavy (non-hydrogen) atoms. The molecule has 0 bridgehead atoms. The Hall–Kier alpha value is -1.89. The normalized spacial score (nSPS) is 10.3. The summed E-state index contributed by atoms with van der Waals surface area (Å²) >= 11 is 1.22. The number of rotatable bonds is 3. The Morgan fingerprint density at radius 2 is 2.25 bits per heavy atom. The van der Waals surface area contributed by atoms with E-state index in [1.165, 1.54) is 18.0 Å². The number of aromatic nitrogens is 3. The van der Waals surface area contributed by atoms with Gasteiger partial charge in [-0.25, -0.2) is 4.98 Å². The Kier molecular flexibility index (Phi) is 2.86. The number of nitrogens with zero attached hydrogens (tertiary/aromatic N) is 4. The Bertz CT molecular complexity index is 526. The minimum Gasteiger partial charge on any atom is -0.358 e. The molecule has 0 atom stereocenters. The lowest BCUT2D eigenvalue weighted by Gasteiger charge is -2.01. The molecule has 0 fully saturated rings. The van der Waals surface area contributed by atoms with Crippen LogP contribution < -0.4 is 0 Å². The van der Waals surface area contributed by atoms with E-state index in [4.69, 9.17) is 0 Å². The van der Waals surface area contributed by atoms with Crippen molar-refractivity contribution in [3.63, 3.8) is 0 Å². The molecule has 0 N–H and O–H groups in total. The van der Waals surface area contributed by atoms with Crippen molar-refractivity contribution < 1.29 is 4.92 Å². The number of hydrogen-bond donors (Lipinski definition) is 0. The maximum atomic E-state index is 10.7. The van der Waals surface area contributed by atoms with Crippen molar-refractivity contribution in [3.8, 4) is 0 Å². The summed E-state index contributed by atoms with van der Waals surface area (Å²) in [5.74, 6) is -0.143. The predicted molar refractivity (Wildman–Crippen MR) is 58.2 cm³/mol. The average Bonchev–Trinajstić information content (AvgIpc) is 2.65. The molecule has 0 unspecified atom stereocenters. The van der Waals surface area contributed by atoms with E-state index in [-0.39, 0.29) is 5.82 Å². The molecule has 0 aliphatic rings. The topological polar surface area (TPSA) is 73.8 Å². The molecule has 0 saturated carbocycles. The van der Waals surface area contributed by atoms with Crippen molar-refractivity contribution in [1.82, 2.24) is 14.5 Å². The van der Waals surface area contributed by atoms with Crippen LogP contribution in [0.2, 0.25) is 0 Å². The lowest BCUT2D eigenvalue weighted by molar-refractivity contribution is -0.392. The molecule has 0 aromatic carbocycles. The molecule has 0 spiro atoms. The summed E-state index contributed by atoms with van der Waals surface area (Å²) in [5, 5.41) is 11.4. The van der Waals surface area contributed by atoms with Crippen LogP contribution in [0, 0.1) is 10.1 Å². The summed E-state index contributed by atoms with van der Waals surface area (Å²) in [4.78, 5) is 18.5. The quantitative estimate of drug-likeness (QED) is 0.600. The van der Waals surface area contributed by atoms with Gasteiger partial charge in [0.05, 0.1) is 0 Å². The zero-order valence-electron chi connectivity index (χ0n) is 8.40. The van der Waals surface area contributed by atoms with Gasteiger partial charge in [0.15, 0.2) is 5.16 Å². The molecule has 0 saturated heterocycles. The van der Waals surface area contributed by atoms with E-state index in [9.17, 15) is 10.1 Å². The maximum absolute atomic E-state index is 10.7. The third-order valence-electron chi connectivity index (χ3n) is 1.90. The smallest absolute Gasteiger partial charge is 0.358 e. The van der Waals surface area contributed by atoms with Gasteiger partial charge in [-0.05, 0) is 33.8 Å². The minimum absolute atomic E-state index is 0.143. The zero-order chi connectivity index (χ0) is 11.5. The van der Waals surface area contributed by atoms with E-state index >= 15 is 0 Å². The van der Waals surface area contributed by atoms with E-state index in [0.29, 0.717) is 10.1 Å². The van der Waals surface area contributed by atoms with E-state index < -0.39 is 4.92 Å². The van der Waals surface area contributed by atoms with Gasteiger partial charge < -0.3 is 14.7 Å². The average molecular weight is 236 g/mol. The first-order chi connectivity index (χ1) is 7.68. The highest BCUT2D eigenvalue weighted by Gasteiger charge is 2.16. The molecule has 2 rings (SSSR count). The number of nitro groups is 1. The van der Waals surface area contributed by atoms with Crippen molar-refractivity contribution in [2.75, 3.05) is 0 Å². The van der Waals surface area contributed by atoms with Gasteiger partial charge in [0, 0.05) is 19.4 Å². The molecule has 0 radical (unpaired) electrons. The lowest BCUT2D eigenvalue weighted by Crippen LogP contribution is -1.95. The summed E-state index contributed by atoms with van der Waals surface area (Å²) in [6, 6.07) is 3.32. The van der Waals surface area contributed by atoms with Crippen LogP contribution >= 0.6 is 11.8 Å². The molecule has 2 aromatic rings. The number of aryl methyl sites for hydroxylation is 1. The second kappa shape index (κ2) is 4.31. The Morgan fingerprint density at radius 1 is 1.44 bits per heavy atom. The first-order valence-electron chi connectivity index (χ1n) is 4.43. The molecule has 0 aliphatic carbocycles. The fraction of sp³-hybridized carbons (Fsp3) is 0.111. The van der Waals surface area contributed by atoms with Crippen LogP contribution in [0.4, 0.5) is 5.82 Å². The molecule has 6 nitrogen and oxygen atoms in total. The van der Waals surface area contributed by atoms with Crippen LogP contribution in [-0.2, 0) is 7.05 Å². The van der Waals surface area contributed by atoms with Crippen molar-refractivity contribution in [3.05, 3.63) is 40.8 Å². The third-order valence-corrected chi connectivity index (χ3v) is 3.02. The van der Waals surface area contributed by atoms with Gasteiger partial charge in [-0.1, -0.05) is 0 Å². The molecular formula is C9H8N4O2S. The van der Waals surface area contributed by atoms with Crippen molar-refractivity contribution in [1.29, 1.82) is 0 Å². The molecule has 0 amide bonds. The van der Waals surface area contributed by atoms with Crippen molar-refractivity contribution >= 4 is 17.6 Å². The van der Waals surface area contributed by atoms with Crippen LogP contribution in [-0.4, -0.2) is 19.5 Å². The van der Waals surface area contributed by atoms with Gasteiger partial charge in [-0.3, -0.25) is 0 Å². The van der Waals surface area contributed by atoms with Gasteiger partial charge in [-0.2, -0.15) is 0 Å². The van der Waals surface area contributed by atoms with Crippen LogP contribution in [0.1, 0.15) is 0 Å². The van der Waals surface area contributed by atoms with Gasteiger partial charge in [0.25, 0.3) is 0 Å². The predicted octanol–water partition coefficient (Wildman–Crippen LogP) is 1.87. The second-order valence-electron chi connectivity index (χ2n) is 3.01. The first kappa shape index (κ1) is 10.6. The molecule has 82 valence electrons. The number of imidazole rings is 1. The van der Waals surface area contributed by atoms with E-state index in [1.807, 2.05) is 7.05 Å². The summed E-state index contributed by atoms with van der Waals surface area (Å²) in [6.45, 7) is 0. The van der Waals surface area contributed by atoms with E-state index in [1.54, 1.807) is 29.1 Å². The minimum atomic E-state index is -0.495. The van der Waals surface area contributed by atoms with Crippen molar-refractivity contribution in [2.45, 2.75) is 10.1 Å². The highest BCUT2D eigenvalue weighted by molar-refractivity contribution is 7.99. The van der Waals surface area contributed by atoms with E-state index in [2.05, 4.69) is 9.97 Å². The van der Waals surface area contributed by atoms with Gasteiger partial charge in [-0.15, -0.1) is 0 Å². The third kappa shape index (κ3) is 2.03. The molecule has 2 heterocycles. The van der Waals surface area contributed by atoms with E-state index in [0.717, 1.165) is 0 Å². The number of hydrogen-bond acceptors (Lipinski definition) is 5. The van der Waals surface area contributed by atoms with Crippen LogP contribution in [0.5, 0.6) is 0 Å². The Morgan fingerprint density at radius 3 is 2.88 bits per heavy atom. The molecule has 0 aliphatic heterocycles. The highest BCUT2D eigenvalue weighted by atomic mass is 32.2. The van der Waals surface area contributed by atoms with Gasteiger partial charge in [0.1, 0.15) is 11.1 Å². The van der Waals surface area contributed by atoms with Crippen LogP contribution in [0.15, 0.2) is 40.8 Å². The SMILES string of the molecule is Cn1ccnc1Sc1cccnc1[N+](=O)[O-]. The zero-order valence-corrected chi connectivity index (χ0v) is 9.22. The van der Waals surface area contributed by atoms with Gasteiger partial charge in [0.2, 0.25) is 0 Å². The maximum Gasteiger partial charge on any atom is 0.377 e. The summed E-state index contributed by atoms with van der Waals surface area (Å²) in [6.07, 6.45) is 4.83. The molecule has 2 aromatic heterocycles. The van der Waals surface area contributed by atoms with Crippen molar-refractivity contribution in [2.24, 2.45) is 7.05 Å². The number of pyridine rings is 1. The second-order valence-corrected chi connectivity index (χ2v) is 4.01.